The number of thiophene rings is 1. The maximum absolute atomic E-state index is 11.2. The van der Waals surface area contributed by atoms with Crippen LogP contribution in [0.4, 0.5) is 0 Å². The molecule has 0 amide bonds. The fraction of sp³-hybridized carbons (Fsp3) is 0.316. The summed E-state index contributed by atoms with van der Waals surface area (Å²) < 4.78 is 0. The largest absolute Gasteiger partial charge is 0.360 e. The van der Waals surface area contributed by atoms with E-state index in [4.69, 9.17) is 0 Å². The molecule has 0 spiro atoms. The molecule has 0 aliphatic carbocycles. The van der Waals surface area contributed by atoms with E-state index in [0.29, 0.717) is 5.69 Å². The topological polar surface area (TPSA) is 48.6 Å². The van der Waals surface area contributed by atoms with Gasteiger partial charge in [-0.25, -0.2) is 0 Å². The Bertz CT molecular complexity index is 794. The van der Waals surface area contributed by atoms with Gasteiger partial charge in [0, 0.05) is 6.20 Å². The molecule has 0 saturated heterocycles. The molecule has 3 aromatic heterocycles. The second-order valence-corrected chi connectivity index (χ2v) is 6.91. The minimum atomic E-state index is 0.710. The van der Waals surface area contributed by atoms with Gasteiger partial charge in [0.25, 0.3) is 0 Å². The van der Waals surface area contributed by atoms with E-state index in [9.17, 15) is 4.79 Å². The molecule has 0 bridgehead atoms. The van der Waals surface area contributed by atoms with Gasteiger partial charge in [-0.3, -0.25) is 4.79 Å². The number of nitrogens with one attached hydrogen (secondary N) is 2. The number of carbonyl (C=O) groups excluding carboxylic acids is 1. The average Bonchev–Trinajstić information content (AvgIpc) is 3.26. The van der Waals surface area contributed by atoms with Gasteiger partial charge in [0.1, 0.15) is 0 Å². The highest BCUT2D eigenvalue weighted by atomic mass is 32.1. The third-order valence-electron chi connectivity index (χ3n) is 3.99. The Morgan fingerprint density at radius 2 is 1.78 bits per heavy atom. The number of aryl methyl sites for hydroxylation is 2. The van der Waals surface area contributed by atoms with Crippen molar-refractivity contribution in [2.24, 2.45) is 0 Å². The summed E-state index contributed by atoms with van der Waals surface area (Å²) in [6.45, 7) is 4.32. The Hall–Kier alpha value is -2.07. The number of carbonyl (C=O) groups is 1. The molecule has 0 aromatic carbocycles. The zero-order valence-electron chi connectivity index (χ0n) is 13.6. The molecule has 0 unspecified atom stereocenters. The molecule has 0 aliphatic rings. The Balaban J connectivity index is 1.87. The first kappa shape index (κ1) is 15.8. The molecule has 0 atom stereocenters. The molecular formula is C19H22N2OS. The predicted octanol–water partition coefficient (Wildman–Crippen LogP) is 5.46. The van der Waals surface area contributed by atoms with E-state index in [1.807, 2.05) is 0 Å². The second-order valence-electron chi connectivity index (χ2n) is 5.83. The summed E-state index contributed by atoms with van der Waals surface area (Å²) in [5, 5.41) is 0. The summed E-state index contributed by atoms with van der Waals surface area (Å²) in [5.74, 6) is 0. The van der Waals surface area contributed by atoms with Crippen LogP contribution in [0.25, 0.3) is 21.1 Å². The Morgan fingerprint density at radius 3 is 2.48 bits per heavy atom. The Labute approximate surface area is 140 Å². The molecule has 0 aliphatic heterocycles. The molecule has 0 radical (unpaired) electrons. The number of H-pyrrole nitrogens is 2. The summed E-state index contributed by atoms with van der Waals surface area (Å²) >= 11 is 1.74. The molecule has 2 N–H and O–H groups in total. The van der Waals surface area contributed by atoms with E-state index in [1.165, 1.54) is 16.1 Å². The Kier molecular flexibility index (Phi) is 4.82. The molecule has 3 heterocycles. The number of hydrogen-bond acceptors (Lipinski definition) is 2. The second kappa shape index (κ2) is 7.01. The highest BCUT2D eigenvalue weighted by Crippen LogP contribution is 2.34. The lowest BCUT2D eigenvalue weighted by atomic mass is 10.1. The third kappa shape index (κ3) is 3.32. The molecule has 3 aromatic rings. The van der Waals surface area contributed by atoms with Gasteiger partial charge in [0.15, 0.2) is 6.29 Å². The van der Waals surface area contributed by atoms with Crippen LogP contribution in [-0.4, -0.2) is 16.3 Å². The van der Waals surface area contributed by atoms with Crippen LogP contribution in [0.2, 0.25) is 0 Å². The maximum Gasteiger partial charge on any atom is 0.166 e. The van der Waals surface area contributed by atoms with Gasteiger partial charge in [-0.2, -0.15) is 0 Å². The van der Waals surface area contributed by atoms with Gasteiger partial charge in [0.2, 0.25) is 0 Å². The average molecular weight is 326 g/mol. The first-order valence-electron chi connectivity index (χ1n) is 8.20. The van der Waals surface area contributed by atoms with Crippen LogP contribution in [0.15, 0.2) is 30.5 Å². The zero-order chi connectivity index (χ0) is 16.2. The van der Waals surface area contributed by atoms with Crippen LogP contribution in [0, 0.1) is 0 Å². The SMILES string of the molecule is CCCc1c[nH]c(-c2ccc(-c3cc(CCC)c(C=O)[nH]3)s2)c1. The molecule has 3 nitrogen and oxygen atoms in total. The zero-order valence-corrected chi connectivity index (χ0v) is 14.4. The van der Waals surface area contributed by atoms with Gasteiger partial charge in [-0.15, -0.1) is 11.3 Å². The van der Waals surface area contributed by atoms with Crippen molar-refractivity contribution in [3.05, 3.63) is 47.3 Å². The van der Waals surface area contributed by atoms with Crippen LogP contribution in [-0.2, 0) is 12.8 Å². The monoisotopic (exact) mass is 326 g/mol. The lowest BCUT2D eigenvalue weighted by Gasteiger charge is -1.92. The van der Waals surface area contributed by atoms with Gasteiger partial charge >= 0.3 is 0 Å². The van der Waals surface area contributed by atoms with Crippen molar-refractivity contribution >= 4 is 17.6 Å². The molecule has 0 saturated carbocycles. The fourth-order valence-corrected chi connectivity index (χ4v) is 3.83. The van der Waals surface area contributed by atoms with Crippen molar-refractivity contribution in [1.29, 1.82) is 0 Å². The molecule has 120 valence electrons. The summed E-state index contributed by atoms with van der Waals surface area (Å²) in [6, 6.07) is 8.60. The minimum absolute atomic E-state index is 0.710. The molecule has 0 fully saturated rings. The summed E-state index contributed by atoms with van der Waals surface area (Å²) in [7, 11) is 0. The number of aromatic nitrogens is 2. The van der Waals surface area contributed by atoms with Crippen molar-refractivity contribution in [2.45, 2.75) is 39.5 Å². The van der Waals surface area contributed by atoms with E-state index in [2.05, 4.69) is 54.3 Å². The maximum atomic E-state index is 11.2. The first-order valence-corrected chi connectivity index (χ1v) is 9.01. The van der Waals surface area contributed by atoms with E-state index >= 15 is 0 Å². The van der Waals surface area contributed by atoms with Crippen LogP contribution in [0.3, 0.4) is 0 Å². The first-order chi connectivity index (χ1) is 11.2. The van der Waals surface area contributed by atoms with Crippen LogP contribution in [0.5, 0.6) is 0 Å². The van der Waals surface area contributed by atoms with Gasteiger partial charge in [0.05, 0.1) is 26.8 Å². The van der Waals surface area contributed by atoms with Crippen molar-refractivity contribution in [1.82, 2.24) is 9.97 Å². The standard InChI is InChI=1S/C19H22N2OS/c1-3-5-13-9-15(20-11-13)18-7-8-19(23-18)16-10-14(6-4-2)17(12-22)21-16/h7-12,20-21H,3-6H2,1-2H3. The number of aromatic amines is 2. The van der Waals surface area contributed by atoms with E-state index in [0.717, 1.165) is 48.1 Å². The molecule has 23 heavy (non-hydrogen) atoms. The minimum Gasteiger partial charge on any atom is -0.360 e. The number of rotatable bonds is 7. The predicted molar refractivity (Wildman–Crippen MR) is 97.3 cm³/mol. The number of aldehydes is 1. The molecule has 3 rings (SSSR count). The normalized spacial score (nSPS) is 11.0. The van der Waals surface area contributed by atoms with Gasteiger partial charge < -0.3 is 9.97 Å². The van der Waals surface area contributed by atoms with E-state index in [-0.39, 0.29) is 0 Å². The summed E-state index contributed by atoms with van der Waals surface area (Å²) in [5.41, 5.74) is 5.37. The highest BCUT2D eigenvalue weighted by molar-refractivity contribution is 7.18. The lowest BCUT2D eigenvalue weighted by molar-refractivity contribution is 0.111. The van der Waals surface area contributed by atoms with Crippen molar-refractivity contribution in [2.75, 3.05) is 0 Å². The Morgan fingerprint density at radius 1 is 1.04 bits per heavy atom. The lowest BCUT2D eigenvalue weighted by Crippen LogP contribution is -1.87. The molecular weight excluding hydrogens is 304 g/mol. The van der Waals surface area contributed by atoms with Gasteiger partial charge in [-0.05, 0) is 48.2 Å². The van der Waals surface area contributed by atoms with Crippen molar-refractivity contribution < 1.29 is 4.79 Å². The fourth-order valence-electron chi connectivity index (χ4n) is 2.87. The van der Waals surface area contributed by atoms with E-state index < -0.39 is 0 Å². The third-order valence-corrected chi connectivity index (χ3v) is 5.14. The summed E-state index contributed by atoms with van der Waals surface area (Å²) in [6.07, 6.45) is 7.25. The van der Waals surface area contributed by atoms with Crippen LogP contribution >= 0.6 is 11.3 Å². The molecule has 4 heteroatoms. The quantitative estimate of drug-likeness (QED) is 0.557. The van der Waals surface area contributed by atoms with Crippen LogP contribution < -0.4 is 0 Å². The van der Waals surface area contributed by atoms with E-state index in [1.54, 1.807) is 11.3 Å². The van der Waals surface area contributed by atoms with Crippen LogP contribution in [0.1, 0.15) is 48.3 Å². The van der Waals surface area contributed by atoms with Gasteiger partial charge in [-0.1, -0.05) is 26.7 Å². The smallest absolute Gasteiger partial charge is 0.166 e. The summed E-state index contributed by atoms with van der Waals surface area (Å²) in [4.78, 5) is 20.2. The highest BCUT2D eigenvalue weighted by Gasteiger charge is 2.12. The number of hydrogen-bond donors (Lipinski definition) is 2. The van der Waals surface area contributed by atoms with Crippen molar-refractivity contribution in [3.8, 4) is 21.1 Å². The van der Waals surface area contributed by atoms with Crippen molar-refractivity contribution in [3.63, 3.8) is 0 Å².